The van der Waals surface area contributed by atoms with E-state index in [1.807, 2.05) is 5.32 Å². The number of amidine groups is 1. The zero-order chi connectivity index (χ0) is 18.8. The molecule has 0 saturated carbocycles. The predicted octanol–water partition coefficient (Wildman–Crippen LogP) is 2.04. The predicted molar refractivity (Wildman–Crippen MR) is 93.9 cm³/mol. The molecule has 0 fully saturated rings. The maximum absolute atomic E-state index is 14.5. The van der Waals surface area contributed by atoms with E-state index in [9.17, 15) is 17.6 Å². The van der Waals surface area contributed by atoms with Gasteiger partial charge in [0.05, 0.1) is 5.25 Å². The fourth-order valence-electron chi connectivity index (χ4n) is 3.07. The number of aliphatic imine (C=N–C) groups is 1. The molecule has 1 aliphatic heterocycles. The second-order valence-corrected chi connectivity index (χ2v) is 9.02. The molecular weight excluding hydrogens is 419 g/mol. The number of hydrogen-bond acceptors (Lipinski definition) is 5. The number of aliphatic hydroxyl groups is 1. The largest absolute Gasteiger partial charge is 0.465 e. The number of hydrogen-bond donors (Lipinski definition) is 3. The molecule has 3 N–H and O–H groups in total. The van der Waals surface area contributed by atoms with E-state index in [2.05, 4.69) is 20.9 Å². The van der Waals surface area contributed by atoms with E-state index in [0.29, 0.717) is 4.47 Å². The Bertz CT molecular complexity index is 814. The number of nitrogens with one attached hydrogen (secondary N) is 1. The number of carbonyl (C=O) groups is 1. The van der Waals surface area contributed by atoms with Gasteiger partial charge in [0, 0.05) is 16.6 Å². The number of amides is 1. The summed E-state index contributed by atoms with van der Waals surface area (Å²) in [5.41, 5.74) is -1.49. The van der Waals surface area contributed by atoms with Crippen LogP contribution in [0, 0.1) is 5.82 Å². The molecule has 1 aromatic carbocycles. The van der Waals surface area contributed by atoms with E-state index >= 15 is 0 Å². The topological polar surface area (TPSA) is 116 Å². The summed E-state index contributed by atoms with van der Waals surface area (Å²) in [6.45, 7) is 1.24. The van der Waals surface area contributed by atoms with Gasteiger partial charge in [-0.2, -0.15) is 0 Å². The van der Waals surface area contributed by atoms with Crippen molar-refractivity contribution in [3.05, 3.63) is 34.1 Å². The van der Waals surface area contributed by atoms with Gasteiger partial charge < -0.3 is 10.2 Å². The summed E-state index contributed by atoms with van der Waals surface area (Å²) in [5.74, 6) is -1.48. The Morgan fingerprint density at radius 3 is 2.80 bits per heavy atom. The van der Waals surface area contributed by atoms with Crippen LogP contribution >= 0.6 is 15.9 Å². The quantitative estimate of drug-likeness (QED) is 0.667. The van der Waals surface area contributed by atoms with Gasteiger partial charge in [-0.1, -0.05) is 15.9 Å². The minimum atomic E-state index is -3.83. The number of halogens is 2. The molecule has 1 aliphatic rings. The summed E-state index contributed by atoms with van der Waals surface area (Å²) in [6.07, 6.45) is -1.17. The summed E-state index contributed by atoms with van der Waals surface area (Å²) in [5, 5.41) is 18.8. The zero-order valence-electron chi connectivity index (χ0n) is 13.4. The van der Waals surface area contributed by atoms with Gasteiger partial charge in [-0.05, 0) is 38.0 Å². The third-order valence-corrected chi connectivity index (χ3v) is 6.85. The van der Waals surface area contributed by atoms with Crippen molar-refractivity contribution < 1.29 is 27.8 Å². The van der Waals surface area contributed by atoms with Crippen LogP contribution < -0.4 is 5.32 Å². The minimum Gasteiger partial charge on any atom is -0.465 e. The smallest absolute Gasteiger partial charge is 0.410 e. The van der Waals surface area contributed by atoms with E-state index in [0.717, 1.165) is 0 Å². The van der Waals surface area contributed by atoms with Crippen molar-refractivity contribution in [1.29, 1.82) is 0 Å². The lowest BCUT2D eigenvalue weighted by atomic mass is 9.86. The van der Waals surface area contributed by atoms with Gasteiger partial charge in [0.2, 0.25) is 0 Å². The van der Waals surface area contributed by atoms with E-state index in [1.54, 1.807) is 0 Å². The van der Waals surface area contributed by atoms with Crippen LogP contribution in [0.25, 0.3) is 0 Å². The Kier molecular flexibility index (Phi) is 5.85. The van der Waals surface area contributed by atoms with E-state index in [1.165, 1.54) is 25.1 Å². The number of benzene rings is 1. The average Bonchev–Trinajstić information content (AvgIpc) is 2.47. The molecule has 1 aromatic rings. The molecule has 0 bridgehead atoms. The van der Waals surface area contributed by atoms with Crippen LogP contribution in [0.1, 0.15) is 25.3 Å². The number of rotatable bonds is 4. The summed E-state index contributed by atoms with van der Waals surface area (Å²) < 4.78 is 40.5. The standard InChI is InChI=1S/C15H18BrFN2O5S/c1-15(10-7-9(16)4-5-11(10)17)12(3-2-6-20)25(23,24)8-13(19-15)18-14(21)22/h4-5,7,12,20H,2-3,6,8H2,1H3,(H,18,19)(H,21,22)/t12-,15-/m1/s1. The monoisotopic (exact) mass is 436 g/mol. The molecular formula is C15H18BrFN2O5S. The Balaban J connectivity index is 2.67. The van der Waals surface area contributed by atoms with E-state index < -0.39 is 38.3 Å². The Labute approximate surface area is 153 Å². The molecule has 0 aromatic heterocycles. The maximum Gasteiger partial charge on any atom is 0.410 e. The van der Waals surface area contributed by atoms with Crippen LogP contribution in [0.3, 0.4) is 0 Å². The lowest BCUT2D eigenvalue weighted by Gasteiger charge is -2.38. The second kappa shape index (κ2) is 7.38. The second-order valence-electron chi connectivity index (χ2n) is 5.92. The van der Waals surface area contributed by atoms with Crippen molar-refractivity contribution >= 4 is 37.7 Å². The minimum absolute atomic E-state index is 0.0396. The molecule has 10 heteroatoms. The third-order valence-electron chi connectivity index (χ3n) is 4.11. The van der Waals surface area contributed by atoms with Gasteiger partial charge in [-0.3, -0.25) is 10.3 Å². The average molecular weight is 437 g/mol. The summed E-state index contributed by atoms with van der Waals surface area (Å²) in [6, 6.07) is 4.10. The van der Waals surface area contributed by atoms with Crippen LogP contribution in [-0.2, 0) is 15.4 Å². The molecule has 1 amide bonds. The van der Waals surface area contributed by atoms with Gasteiger partial charge in [0.25, 0.3) is 0 Å². The van der Waals surface area contributed by atoms with Crippen molar-refractivity contribution in [2.45, 2.75) is 30.6 Å². The van der Waals surface area contributed by atoms with Crippen LogP contribution in [0.4, 0.5) is 9.18 Å². The van der Waals surface area contributed by atoms with Crippen molar-refractivity contribution in [2.24, 2.45) is 4.99 Å². The molecule has 2 atom stereocenters. The SMILES string of the molecule is C[C@]1(c2cc(Br)ccc2F)N=C(NC(=O)O)CS(=O)(=O)[C@@H]1CCCO. The van der Waals surface area contributed by atoms with Crippen LogP contribution in [0.15, 0.2) is 27.7 Å². The fraction of sp³-hybridized carbons (Fsp3) is 0.467. The van der Waals surface area contributed by atoms with Gasteiger partial charge in [-0.15, -0.1) is 0 Å². The highest BCUT2D eigenvalue weighted by molar-refractivity contribution is 9.10. The number of sulfone groups is 1. The normalized spacial score (nSPS) is 25.3. The Morgan fingerprint density at radius 2 is 2.20 bits per heavy atom. The van der Waals surface area contributed by atoms with Gasteiger partial charge in [0.1, 0.15) is 22.9 Å². The lowest BCUT2D eigenvalue weighted by molar-refractivity contribution is 0.200. The molecule has 2 rings (SSSR count). The molecule has 0 radical (unpaired) electrons. The van der Waals surface area contributed by atoms with Crippen molar-refractivity contribution in [2.75, 3.05) is 12.4 Å². The third kappa shape index (κ3) is 4.18. The Morgan fingerprint density at radius 1 is 1.52 bits per heavy atom. The van der Waals surface area contributed by atoms with Gasteiger partial charge >= 0.3 is 6.09 Å². The van der Waals surface area contributed by atoms with Gasteiger partial charge in [0.15, 0.2) is 9.84 Å². The molecule has 1 heterocycles. The lowest BCUT2D eigenvalue weighted by Crippen LogP contribution is -2.52. The van der Waals surface area contributed by atoms with E-state index in [-0.39, 0.29) is 30.8 Å². The fourth-order valence-corrected chi connectivity index (χ4v) is 5.55. The highest BCUT2D eigenvalue weighted by Gasteiger charge is 2.49. The highest BCUT2D eigenvalue weighted by atomic mass is 79.9. The zero-order valence-corrected chi connectivity index (χ0v) is 15.8. The summed E-state index contributed by atoms with van der Waals surface area (Å²) >= 11 is 3.23. The van der Waals surface area contributed by atoms with Gasteiger partial charge in [-0.25, -0.2) is 17.6 Å². The first kappa shape index (κ1) is 19.8. The molecule has 0 aliphatic carbocycles. The van der Waals surface area contributed by atoms with Crippen molar-refractivity contribution in [3.8, 4) is 0 Å². The van der Waals surface area contributed by atoms with Crippen LogP contribution in [-0.4, -0.2) is 48.2 Å². The van der Waals surface area contributed by atoms with E-state index in [4.69, 9.17) is 10.2 Å². The molecule has 0 unspecified atom stereocenters. The number of aliphatic hydroxyl groups excluding tert-OH is 1. The number of nitrogens with zero attached hydrogens (tertiary/aromatic N) is 1. The maximum atomic E-state index is 14.5. The molecule has 0 saturated heterocycles. The summed E-state index contributed by atoms with van der Waals surface area (Å²) in [4.78, 5) is 15.2. The highest BCUT2D eigenvalue weighted by Crippen LogP contribution is 2.41. The first-order valence-corrected chi connectivity index (χ1v) is 9.97. The molecule has 25 heavy (non-hydrogen) atoms. The Hall–Kier alpha value is -1.52. The van der Waals surface area contributed by atoms with Crippen molar-refractivity contribution in [3.63, 3.8) is 0 Å². The first-order chi connectivity index (χ1) is 11.6. The number of carboxylic acid groups (broad SMARTS) is 1. The van der Waals surface area contributed by atoms with Crippen LogP contribution in [0.2, 0.25) is 0 Å². The summed E-state index contributed by atoms with van der Waals surface area (Å²) in [7, 11) is -3.83. The first-order valence-electron chi connectivity index (χ1n) is 7.47. The van der Waals surface area contributed by atoms with Crippen LogP contribution in [0.5, 0.6) is 0 Å². The van der Waals surface area contributed by atoms with Crippen molar-refractivity contribution in [1.82, 2.24) is 5.32 Å². The molecule has 138 valence electrons. The molecule has 7 nitrogen and oxygen atoms in total. The molecule has 0 spiro atoms.